The van der Waals surface area contributed by atoms with Crippen molar-refractivity contribution in [3.63, 3.8) is 0 Å². The van der Waals surface area contributed by atoms with Gasteiger partial charge in [-0.05, 0) is 63.2 Å². The number of aliphatic hydroxyl groups is 4. The number of ether oxygens (including phenoxy) is 1. The fourth-order valence-electron chi connectivity index (χ4n) is 6.98. The normalized spacial score (nSPS) is 41.6. The summed E-state index contributed by atoms with van der Waals surface area (Å²) in [6.45, 7) is 10.4. The molecule has 0 bridgehead atoms. The third kappa shape index (κ3) is 4.05. The van der Waals surface area contributed by atoms with Gasteiger partial charge in [0.1, 0.15) is 24.6 Å². The van der Waals surface area contributed by atoms with Crippen molar-refractivity contribution in [2.24, 2.45) is 17.3 Å². The highest BCUT2D eigenvalue weighted by molar-refractivity contribution is 5.83. The molecule has 35 heavy (non-hydrogen) atoms. The standard InChI is InChI=1S/C25H37N5O5/c1-13(2)14-5-6-24(3)8-15(32)9-25(4,17(24)7-14)29-21-18-22(27-11-26-21)30(12-28-18)23-20(34)19(33)16(10-31)35-23/h11-12,14-17,19-20,23,31-34H,1,5-10H2,2-4H3,(H,26,27,29)/t14-,15-,16-,17-,19-,20-,23-,24+,25-/m1/s1. The largest absolute Gasteiger partial charge is 0.394 e. The minimum Gasteiger partial charge on any atom is -0.394 e. The van der Waals surface area contributed by atoms with Crippen molar-refractivity contribution in [2.75, 3.05) is 11.9 Å². The number of allylic oxidation sites excluding steroid dienone is 1. The molecule has 2 aromatic rings. The zero-order valence-corrected chi connectivity index (χ0v) is 20.6. The lowest BCUT2D eigenvalue weighted by Gasteiger charge is -2.58. The van der Waals surface area contributed by atoms with Gasteiger partial charge >= 0.3 is 0 Å². The number of hydrogen-bond donors (Lipinski definition) is 5. The van der Waals surface area contributed by atoms with Crippen LogP contribution in [0.25, 0.3) is 11.2 Å². The topological polar surface area (TPSA) is 146 Å². The quantitative estimate of drug-likeness (QED) is 0.398. The van der Waals surface area contributed by atoms with E-state index in [2.05, 4.69) is 47.6 Å². The summed E-state index contributed by atoms with van der Waals surface area (Å²) in [5.41, 5.74) is 1.76. The Hall–Kier alpha value is -2.11. The molecule has 2 aliphatic carbocycles. The second-order valence-corrected chi connectivity index (χ2v) is 11.4. The maximum Gasteiger partial charge on any atom is 0.167 e. The number of hydrogen-bond acceptors (Lipinski definition) is 9. The predicted octanol–water partition coefficient (Wildman–Crippen LogP) is 1.76. The van der Waals surface area contributed by atoms with E-state index in [1.807, 2.05) is 0 Å². The van der Waals surface area contributed by atoms with Crippen molar-refractivity contribution in [3.8, 4) is 0 Å². The second-order valence-electron chi connectivity index (χ2n) is 11.4. The molecule has 3 aliphatic rings. The number of aromatic nitrogens is 4. The Labute approximate surface area is 205 Å². The van der Waals surface area contributed by atoms with E-state index in [0.717, 1.165) is 25.7 Å². The summed E-state index contributed by atoms with van der Waals surface area (Å²) in [4.78, 5) is 13.4. The maximum absolute atomic E-state index is 10.9. The van der Waals surface area contributed by atoms with E-state index < -0.39 is 42.8 Å². The van der Waals surface area contributed by atoms with Crippen LogP contribution in [0.5, 0.6) is 0 Å². The number of rotatable bonds is 5. The maximum atomic E-state index is 10.9. The molecule has 0 unspecified atom stereocenters. The fourth-order valence-corrected chi connectivity index (χ4v) is 6.98. The Kier molecular flexibility index (Phi) is 6.16. The van der Waals surface area contributed by atoms with Crippen LogP contribution in [0.15, 0.2) is 24.8 Å². The smallest absolute Gasteiger partial charge is 0.167 e. The van der Waals surface area contributed by atoms with Crippen LogP contribution in [0.1, 0.15) is 59.1 Å². The molecule has 10 nitrogen and oxygen atoms in total. The molecule has 3 fully saturated rings. The number of aliphatic hydroxyl groups excluding tert-OH is 4. The van der Waals surface area contributed by atoms with Crippen LogP contribution in [-0.4, -0.2) is 76.5 Å². The van der Waals surface area contributed by atoms with Crippen molar-refractivity contribution in [1.29, 1.82) is 0 Å². The number of imidazole rings is 1. The Morgan fingerprint density at radius 3 is 2.66 bits per heavy atom. The van der Waals surface area contributed by atoms with Gasteiger partial charge in [-0.1, -0.05) is 19.1 Å². The number of nitrogens with one attached hydrogen (secondary N) is 1. The first-order chi connectivity index (χ1) is 16.6. The second kappa shape index (κ2) is 8.77. The lowest BCUT2D eigenvalue weighted by molar-refractivity contribution is -0.0602. The van der Waals surface area contributed by atoms with Crippen LogP contribution in [0.3, 0.4) is 0 Å². The average molecular weight is 488 g/mol. The highest BCUT2D eigenvalue weighted by atomic mass is 16.6. The van der Waals surface area contributed by atoms with Gasteiger partial charge in [0.25, 0.3) is 0 Å². The van der Waals surface area contributed by atoms with E-state index in [0.29, 0.717) is 35.2 Å². The van der Waals surface area contributed by atoms with Crippen LogP contribution in [0, 0.1) is 17.3 Å². The number of fused-ring (bicyclic) bond motifs is 2. The van der Waals surface area contributed by atoms with Crippen LogP contribution < -0.4 is 5.32 Å². The molecule has 5 N–H and O–H groups in total. The lowest BCUT2D eigenvalue weighted by Crippen LogP contribution is -2.58. The van der Waals surface area contributed by atoms with Crippen molar-refractivity contribution in [2.45, 2.75) is 89.1 Å². The van der Waals surface area contributed by atoms with E-state index in [-0.39, 0.29) is 5.41 Å². The van der Waals surface area contributed by atoms with E-state index >= 15 is 0 Å². The predicted molar refractivity (Wildman–Crippen MR) is 129 cm³/mol. The number of nitrogens with zero attached hydrogens (tertiary/aromatic N) is 4. The van der Waals surface area contributed by atoms with Gasteiger partial charge in [-0.3, -0.25) is 4.57 Å². The molecule has 9 atom stereocenters. The molecule has 5 rings (SSSR count). The van der Waals surface area contributed by atoms with Gasteiger partial charge < -0.3 is 30.5 Å². The molecule has 192 valence electrons. The van der Waals surface area contributed by atoms with Crippen molar-refractivity contribution in [1.82, 2.24) is 19.5 Å². The van der Waals surface area contributed by atoms with Gasteiger partial charge in [0, 0.05) is 5.54 Å². The Morgan fingerprint density at radius 1 is 1.20 bits per heavy atom. The van der Waals surface area contributed by atoms with Gasteiger partial charge in [-0.15, -0.1) is 0 Å². The zero-order valence-electron chi connectivity index (χ0n) is 20.6. The Morgan fingerprint density at radius 2 is 1.97 bits per heavy atom. The van der Waals surface area contributed by atoms with E-state index in [4.69, 9.17) is 4.74 Å². The highest BCUT2D eigenvalue weighted by Crippen LogP contribution is 2.57. The van der Waals surface area contributed by atoms with Crippen LogP contribution >= 0.6 is 0 Å². The molecular formula is C25H37N5O5. The van der Waals surface area contributed by atoms with Crippen molar-refractivity contribution >= 4 is 17.0 Å². The summed E-state index contributed by atoms with van der Waals surface area (Å²) in [6, 6.07) is 0. The minimum atomic E-state index is -1.23. The van der Waals surface area contributed by atoms with Gasteiger partial charge in [-0.25, -0.2) is 15.0 Å². The fraction of sp³-hybridized carbons (Fsp3) is 0.720. The molecule has 0 spiro atoms. The molecular weight excluding hydrogens is 450 g/mol. The first-order valence-corrected chi connectivity index (χ1v) is 12.5. The molecule has 1 aliphatic heterocycles. The summed E-state index contributed by atoms with van der Waals surface area (Å²) in [5.74, 6) is 1.32. The molecule has 0 aromatic carbocycles. The van der Waals surface area contributed by atoms with Crippen molar-refractivity contribution < 1.29 is 25.2 Å². The summed E-state index contributed by atoms with van der Waals surface area (Å²) in [5, 5.41) is 44.6. The molecule has 2 saturated carbocycles. The third-order valence-corrected chi connectivity index (χ3v) is 8.81. The third-order valence-electron chi connectivity index (χ3n) is 8.81. The van der Waals surface area contributed by atoms with Crippen LogP contribution in [-0.2, 0) is 4.74 Å². The molecule has 0 amide bonds. The summed E-state index contributed by atoms with van der Waals surface area (Å²) < 4.78 is 7.24. The van der Waals surface area contributed by atoms with Gasteiger partial charge in [0.05, 0.1) is 19.0 Å². The Bertz CT molecular complexity index is 1110. The molecule has 0 radical (unpaired) electrons. The van der Waals surface area contributed by atoms with Gasteiger partial charge in [-0.2, -0.15) is 0 Å². The molecule has 10 heteroatoms. The highest BCUT2D eigenvalue weighted by Gasteiger charge is 2.54. The Balaban J connectivity index is 1.48. The van der Waals surface area contributed by atoms with Crippen LogP contribution in [0.2, 0.25) is 0 Å². The van der Waals surface area contributed by atoms with E-state index in [1.54, 1.807) is 4.57 Å². The summed E-state index contributed by atoms with van der Waals surface area (Å²) >= 11 is 0. The van der Waals surface area contributed by atoms with Gasteiger partial charge in [0.15, 0.2) is 23.2 Å². The summed E-state index contributed by atoms with van der Waals surface area (Å²) in [6.07, 6.45) is 2.79. The molecule has 3 heterocycles. The van der Waals surface area contributed by atoms with E-state index in [9.17, 15) is 20.4 Å². The minimum absolute atomic E-state index is 0.00805. The zero-order chi connectivity index (χ0) is 25.1. The molecule has 1 saturated heterocycles. The number of anilines is 1. The summed E-state index contributed by atoms with van der Waals surface area (Å²) in [7, 11) is 0. The lowest BCUT2D eigenvalue weighted by atomic mass is 9.51. The van der Waals surface area contributed by atoms with Crippen molar-refractivity contribution in [3.05, 3.63) is 24.8 Å². The molecule has 2 aromatic heterocycles. The van der Waals surface area contributed by atoms with Gasteiger partial charge in [0.2, 0.25) is 0 Å². The average Bonchev–Trinajstić information content (AvgIpc) is 3.34. The first-order valence-electron chi connectivity index (χ1n) is 12.5. The van der Waals surface area contributed by atoms with E-state index in [1.165, 1.54) is 18.2 Å². The SMILES string of the molecule is C=C(C)[C@@H]1CC[C@@]2(C)C[C@@H](O)C[C@@](C)(Nc3ncnc4c3ncn4[C@@H]3O[C@H](CO)[C@@H](O)[C@H]3O)[C@@H]2C1. The monoisotopic (exact) mass is 487 g/mol. The van der Waals surface area contributed by atoms with Crippen LogP contribution in [0.4, 0.5) is 5.82 Å². The first kappa shape index (κ1) is 24.6.